The third kappa shape index (κ3) is 3.67. The Labute approximate surface area is 97.3 Å². The van der Waals surface area contributed by atoms with Crippen LogP contribution >= 0.6 is 11.6 Å². The highest BCUT2D eigenvalue weighted by molar-refractivity contribution is 6.26. The van der Waals surface area contributed by atoms with Crippen molar-refractivity contribution >= 4 is 17.6 Å². The van der Waals surface area contributed by atoms with E-state index >= 15 is 0 Å². The zero-order chi connectivity index (χ0) is 11.3. The molecule has 1 aliphatic carbocycles. The summed E-state index contributed by atoms with van der Waals surface area (Å²) in [6, 6.07) is 0. The molecule has 0 saturated heterocycles. The minimum absolute atomic E-state index is 0.0241. The van der Waals surface area contributed by atoms with E-state index in [9.17, 15) is 4.79 Å². The molecule has 0 aromatic carbocycles. The fraction of sp³-hybridized carbons (Fsp3) is 0.917. The molecule has 1 fully saturated rings. The minimum Gasteiger partial charge on any atom is -0.461 e. The van der Waals surface area contributed by atoms with E-state index in [0.29, 0.717) is 11.8 Å². The number of rotatable bonds is 4. The second kappa shape index (κ2) is 6.37. The molecule has 88 valence electrons. The average molecular weight is 233 g/mol. The van der Waals surface area contributed by atoms with E-state index in [2.05, 4.69) is 13.8 Å². The highest BCUT2D eigenvalue weighted by Gasteiger charge is 2.31. The Morgan fingerprint density at radius 3 is 2.73 bits per heavy atom. The Kier molecular flexibility index (Phi) is 5.44. The van der Waals surface area contributed by atoms with E-state index in [1.165, 1.54) is 19.3 Å². The molecule has 3 atom stereocenters. The van der Waals surface area contributed by atoms with Crippen LogP contribution in [0.15, 0.2) is 0 Å². The van der Waals surface area contributed by atoms with Gasteiger partial charge in [-0.05, 0) is 31.1 Å². The van der Waals surface area contributed by atoms with Crippen LogP contribution < -0.4 is 0 Å². The van der Waals surface area contributed by atoms with Crippen LogP contribution in [0.25, 0.3) is 0 Å². The van der Waals surface area contributed by atoms with Crippen molar-refractivity contribution in [3.63, 3.8) is 0 Å². The summed E-state index contributed by atoms with van der Waals surface area (Å²) in [6.45, 7) is 4.44. The molecule has 1 rings (SSSR count). The van der Waals surface area contributed by atoms with Crippen molar-refractivity contribution in [3.05, 3.63) is 0 Å². The fourth-order valence-corrected chi connectivity index (χ4v) is 2.49. The van der Waals surface area contributed by atoms with Gasteiger partial charge in [0.15, 0.2) is 0 Å². The normalized spacial score (nSPS) is 28.5. The van der Waals surface area contributed by atoms with Gasteiger partial charge in [-0.25, -0.2) is 0 Å². The zero-order valence-electron chi connectivity index (χ0n) is 9.67. The van der Waals surface area contributed by atoms with Crippen LogP contribution in [0.4, 0.5) is 0 Å². The first-order valence-corrected chi connectivity index (χ1v) is 6.48. The van der Waals surface area contributed by atoms with Crippen LogP contribution in [-0.2, 0) is 9.53 Å². The fourth-order valence-electron chi connectivity index (χ4n) is 2.43. The lowest BCUT2D eigenvalue weighted by Gasteiger charge is -2.34. The maximum atomic E-state index is 11.2. The molecule has 3 unspecified atom stereocenters. The quantitative estimate of drug-likeness (QED) is 0.549. The monoisotopic (exact) mass is 232 g/mol. The van der Waals surface area contributed by atoms with Gasteiger partial charge in [0.1, 0.15) is 12.0 Å². The zero-order valence-corrected chi connectivity index (χ0v) is 10.4. The summed E-state index contributed by atoms with van der Waals surface area (Å²) < 4.78 is 5.41. The third-order valence-corrected chi connectivity index (χ3v) is 3.74. The molecular formula is C12H21ClO2. The number of ether oxygens (including phenoxy) is 1. The van der Waals surface area contributed by atoms with Gasteiger partial charge in [-0.2, -0.15) is 0 Å². The number of hydrogen-bond acceptors (Lipinski definition) is 2. The lowest BCUT2D eigenvalue weighted by molar-refractivity contribution is -0.151. The molecule has 0 aromatic rings. The topological polar surface area (TPSA) is 26.3 Å². The third-order valence-electron chi connectivity index (χ3n) is 3.52. The van der Waals surface area contributed by atoms with Gasteiger partial charge in [0.2, 0.25) is 0 Å². The molecule has 2 nitrogen and oxygen atoms in total. The Morgan fingerprint density at radius 2 is 2.13 bits per heavy atom. The number of halogens is 1. The van der Waals surface area contributed by atoms with Gasteiger partial charge in [0.05, 0.1) is 0 Å². The summed E-state index contributed by atoms with van der Waals surface area (Å²) in [5, 5.41) is 0. The number of carbonyl (C=O) groups is 1. The molecule has 15 heavy (non-hydrogen) atoms. The summed E-state index contributed by atoms with van der Waals surface area (Å²) in [5.74, 6) is 0.884. The minimum atomic E-state index is -0.267. The van der Waals surface area contributed by atoms with Gasteiger partial charge in [-0.1, -0.05) is 26.7 Å². The van der Waals surface area contributed by atoms with Crippen LogP contribution in [0.1, 0.15) is 46.0 Å². The first-order chi connectivity index (χ1) is 7.19. The first kappa shape index (κ1) is 12.8. The van der Waals surface area contributed by atoms with Crippen molar-refractivity contribution < 1.29 is 9.53 Å². The Hall–Kier alpha value is -0.240. The Morgan fingerprint density at radius 1 is 1.47 bits per heavy atom. The van der Waals surface area contributed by atoms with Gasteiger partial charge in [-0.15, -0.1) is 11.6 Å². The van der Waals surface area contributed by atoms with E-state index in [1.54, 1.807) is 0 Å². The number of esters is 1. The van der Waals surface area contributed by atoms with Crippen molar-refractivity contribution in [2.24, 2.45) is 11.8 Å². The van der Waals surface area contributed by atoms with Gasteiger partial charge in [0.25, 0.3) is 0 Å². The van der Waals surface area contributed by atoms with Gasteiger partial charge in [0, 0.05) is 0 Å². The lowest BCUT2D eigenvalue weighted by atomic mass is 9.77. The van der Waals surface area contributed by atoms with E-state index in [1.807, 2.05) is 0 Å². The van der Waals surface area contributed by atoms with Crippen molar-refractivity contribution in [1.82, 2.24) is 0 Å². The Balaban J connectivity index is 2.53. The molecule has 0 heterocycles. The number of alkyl halides is 1. The van der Waals surface area contributed by atoms with E-state index in [4.69, 9.17) is 16.3 Å². The van der Waals surface area contributed by atoms with Crippen molar-refractivity contribution in [2.45, 2.75) is 52.1 Å². The molecule has 0 radical (unpaired) electrons. The number of carbonyl (C=O) groups excluding carboxylic acids is 1. The van der Waals surface area contributed by atoms with Gasteiger partial charge in [-0.3, -0.25) is 4.79 Å². The second-order valence-corrected chi connectivity index (χ2v) is 4.76. The van der Waals surface area contributed by atoms with E-state index in [-0.39, 0.29) is 18.0 Å². The summed E-state index contributed by atoms with van der Waals surface area (Å²) in [6.07, 6.45) is 5.91. The molecule has 0 amide bonds. The average Bonchev–Trinajstić information content (AvgIpc) is 2.28. The number of hydrogen-bond donors (Lipinski definition) is 0. The van der Waals surface area contributed by atoms with E-state index < -0.39 is 0 Å². The summed E-state index contributed by atoms with van der Waals surface area (Å²) in [7, 11) is 0. The van der Waals surface area contributed by atoms with Crippen molar-refractivity contribution in [2.75, 3.05) is 5.88 Å². The van der Waals surface area contributed by atoms with Crippen LogP contribution in [0.5, 0.6) is 0 Å². The van der Waals surface area contributed by atoms with E-state index in [0.717, 1.165) is 12.8 Å². The van der Waals surface area contributed by atoms with Crippen LogP contribution in [0, 0.1) is 11.8 Å². The molecule has 0 spiro atoms. The highest BCUT2D eigenvalue weighted by atomic mass is 35.5. The molecule has 3 heteroatoms. The standard InChI is InChI=1S/C12H21ClO2/c1-3-9(2)10-6-4-5-7-11(10)15-12(14)8-13/h9-11H,3-8H2,1-2H3. The molecule has 0 N–H and O–H groups in total. The van der Waals surface area contributed by atoms with Gasteiger partial charge >= 0.3 is 5.97 Å². The predicted molar refractivity (Wildman–Crippen MR) is 62.0 cm³/mol. The lowest BCUT2D eigenvalue weighted by Crippen LogP contribution is -2.34. The van der Waals surface area contributed by atoms with Crippen molar-refractivity contribution in [1.29, 1.82) is 0 Å². The molecule has 0 bridgehead atoms. The maximum absolute atomic E-state index is 11.2. The Bertz CT molecular complexity index is 206. The maximum Gasteiger partial charge on any atom is 0.321 e. The molecule has 0 aliphatic heterocycles. The largest absolute Gasteiger partial charge is 0.461 e. The molecule has 0 aromatic heterocycles. The van der Waals surface area contributed by atoms with Crippen LogP contribution in [0.3, 0.4) is 0 Å². The smallest absolute Gasteiger partial charge is 0.321 e. The summed E-state index contributed by atoms with van der Waals surface area (Å²) >= 11 is 5.46. The molecule has 1 aliphatic rings. The van der Waals surface area contributed by atoms with Crippen LogP contribution in [-0.4, -0.2) is 18.0 Å². The summed E-state index contributed by atoms with van der Waals surface area (Å²) in [4.78, 5) is 11.2. The first-order valence-electron chi connectivity index (χ1n) is 5.94. The predicted octanol–water partition coefficient (Wildman–Crippen LogP) is 3.37. The molecular weight excluding hydrogens is 212 g/mol. The van der Waals surface area contributed by atoms with Crippen LogP contribution in [0.2, 0.25) is 0 Å². The second-order valence-electron chi connectivity index (χ2n) is 4.50. The van der Waals surface area contributed by atoms with Crippen molar-refractivity contribution in [3.8, 4) is 0 Å². The SMILES string of the molecule is CCC(C)C1CCCCC1OC(=O)CCl. The highest BCUT2D eigenvalue weighted by Crippen LogP contribution is 2.33. The van der Waals surface area contributed by atoms with Gasteiger partial charge < -0.3 is 4.74 Å². The summed E-state index contributed by atoms with van der Waals surface area (Å²) in [5.41, 5.74) is 0. The molecule has 1 saturated carbocycles.